The van der Waals surface area contributed by atoms with Gasteiger partial charge in [-0.2, -0.15) is 0 Å². The molecular weight excluding hydrogens is 420 g/mol. The van der Waals surface area contributed by atoms with Crippen LogP contribution in [0, 0.1) is 0 Å². The van der Waals surface area contributed by atoms with Gasteiger partial charge in [-0.25, -0.2) is 0 Å². The van der Waals surface area contributed by atoms with Gasteiger partial charge in [-0.3, -0.25) is 29.4 Å². The van der Waals surface area contributed by atoms with E-state index in [4.69, 9.17) is 0 Å². The second-order valence-corrected chi connectivity index (χ2v) is 8.77. The average molecular weight is 447 g/mol. The Morgan fingerprint density at radius 3 is 2.33 bits per heavy atom. The lowest BCUT2D eigenvalue weighted by atomic mass is 10.0. The zero-order valence-corrected chi connectivity index (χ0v) is 18.3. The quantitative estimate of drug-likeness (QED) is 0.681. The minimum atomic E-state index is -0.950. The SMILES string of the molecule is O=C1CCC(N2C(=O)c3ccc(CN(c4ccccc4)C4CCNCC4)cc3C2=O)C(=O)N1. The topological polar surface area (TPSA) is 98.8 Å². The molecule has 2 saturated heterocycles. The smallest absolute Gasteiger partial charge is 0.262 e. The summed E-state index contributed by atoms with van der Waals surface area (Å²) >= 11 is 0. The van der Waals surface area contributed by atoms with Crippen LogP contribution in [-0.4, -0.2) is 53.7 Å². The molecule has 3 aliphatic heterocycles. The molecule has 0 saturated carbocycles. The fourth-order valence-corrected chi connectivity index (χ4v) is 4.98. The molecule has 0 radical (unpaired) electrons. The van der Waals surface area contributed by atoms with Crippen molar-refractivity contribution in [3.63, 3.8) is 0 Å². The third kappa shape index (κ3) is 4.02. The minimum Gasteiger partial charge on any atom is -0.364 e. The summed E-state index contributed by atoms with van der Waals surface area (Å²) in [5, 5.41) is 5.63. The Morgan fingerprint density at radius 1 is 0.879 bits per heavy atom. The number of benzene rings is 2. The van der Waals surface area contributed by atoms with Crippen LogP contribution in [0.4, 0.5) is 5.69 Å². The number of piperidine rings is 2. The molecule has 8 heteroatoms. The summed E-state index contributed by atoms with van der Waals surface area (Å²) in [6.45, 7) is 2.54. The Morgan fingerprint density at radius 2 is 1.61 bits per heavy atom. The van der Waals surface area contributed by atoms with Gasteiger partial charge in [-0.15, -0.1) is 0 Å². The van der Waals surface area contributed by atoms with Gasteiger partial charge in [0.15, 0.2) is 0 Å². The molecule has 4 amide bonds. The van der Waals surface area contributed by atoms with Crippen LogP contribution in [0.5, 0.6) is 0 Å². The molecule has 0 spiro atoms. The van der Waals surface area contributed by atoms with Crippen LogP contribution in [-0.2, 0) is 16.1 Å². The van der Waals surface area contributed by atoms with Crippen molar-refractivity contribution in [2.24, 2.45) is 0 Å². The fraction of sp³-hybridized carbons (Fsp3) is 0.360. The van der Waals surface area contributed by atoms with Gasteiger partial charge in [0.1, 0.15) is 6.04 Å². The van der Waals surface area contributed by atoms with Crippen molar-refractivity contribution in [3.8, 4) is 0 Å². The van der Waals surface area contributed by atoms with E-state index in [-0.39, 0.29) is 18.7 Å². The van der Waals surface area contributed by atoms with Gasteiger partial charge in [-0.1, -0.05) is 24.3 Å². The van der Waals surface area contributed by atoms with Gasteiger partial charge in [0, 0.05) is 24.7 Å². The lowest BCUT2D eigenvalue weighted by Gasteiger charge is -2.36. The minimum absolute atomic E-state index is 0.108. The number of carbonyl (C=O) groups excluding carboxylic acids is 4. The molecule has 2 fully saturated rings. The van der Waals surface area contributed by atoms with E-state index in [1.54, 1.807) is 12.1 Å². The summed E-state index contributed by atoms with van der Waals surface area (Å²) in [6, 6.07) is 15.0. The number of nitrogens with zero attached hydrogens (tertiary/aromatic N) is 2. The zero-order chi connectivity index (χ0) is 22.9. The summed E-state index contributed by atoms with van der Waals surface area (Å²) in [7, 11) is 0. The van der Waals surface area contributed by atoms with Crippen LogP contribution in [0.1, 0.15) is 52.0 Å². The summed E-state index contributed by atoms with van der Waals surface area (Å²) in [5.41, 5.74) is 2.68. The van der Waals surface area contributed by atoms with Gasteiger partial charge in [0.05, 0.1) is 11.1 Å². The van der Waals surface area contributed by atoms with Crippen molar-refractivity contribution < 1.29 is 19.2 Å². The Labute approximate surface area is 191 Å². The van der Waals surface area contributed by atoms with Crippen molar-refractivity contribution in [1.29, 1.82) is 0 Å². The maximum Gasteiger partial charge on any atom is 0.262 e. The van der Waals surface area contributed by atoms with E-state index < -0.39 is 23.8 Å². The van der Waals surface area contributed by atoms with Gasteiger partial charge >= 0.3 is 0 Å². The van der Waals surface area contributed by atoms with Crippen molar-refractivity contribution in [3.05, 3.63) is 65.2 Å². The Balaban J connectivity index is 1.41. The molecule has 33 heavy (non-hydrogen) atoms. The number of rotatable bonds is 5. The number of fused-ring (bicyclic) bond motifs is 1. The second-order valence-electron chi connectivity index (χ2n) is 8.77. The highest BCUT2D eigenvalue weighted by atomic mass is 16.2. The highest BCUT2D eigenvalue weighted by Crippen LogP contribution is 2.30. The molecule has 1 unspecified atom stereocenters. The summed E-state index contributed by atoms with van der Waals surface area (Å²) < 4.78 is 0. The van der Waals surface area contributed by atoms with E-state index in [1.165, 1.54) is 0 Å². The standard InChI is InChI=1S/C25H26N4O4/c30-22-9-8-21(23(31)27-22)29-24(32)19-7-6-16(14-20(19)25(29)33)15-28(17-4-2-1-3-5-17)18-10-12-26-13-11-18/h1-7,14,18,21,26H,8-13,15H2,(H,27,30,31). The van der Waals surface area contributed by atoms with Crippen molar-refractivity contribution in [2.75, 3.05) is 18.0 Å². The van der Waals surface area contributed by atoms with Crippen LogP contribution in [0.15, 0.2) is 48.5 Å². The van der Waals surface area contributed by atoms with E-state index >= 15 is 0 Å². The van der Waals surface area contributed by atoms with Gasteiger partial charge < -0.3 is 10.2 Å². The van der Waals surface area contributed by atoms with Crippen molar-refractivity contribution in [2.45, 2.75) is 44.3 Å². The first-order valence-electron chi connectivity index (χ1n) is 11.4. The van der Waals surface area contributed by atoms with Gasteiger partial charge in [0.2, 0.25) is 11.8 Å². The van der Waals surface area contributed by atoms with Crippen LogP contribution in [0.25, 0.3) is 0 Å². The van der Waals surface area contributed by atoms with Crippen LogP contribution >= 0.6 is 0 Å². The summed E-state index contributed by atoms with van der Waals surface area (Å²) in [6.07, 6.45) is 2.32. The predicted molar refractivity (Wildman–Crippen MR) is 122 cm³/mol. The van der Waals surface area contributed by atoms with E-state index in [1.807, 2.05) is 24.3 Å². The van der Waals surface area contributed by atoms with E-state index in [0.717, 1.165) is 42.1 Å². The predicted octanol–water partition coefficient (Wildman–Crippen LogP) is 1.85. The van der Waals surface area contributed by atoms with E-state index in [0.29, 0.717) is 23.7 Å². The lowest BCUT2D eigenvalue weighted by Crippen LogP contribution is -2.54. The number of nitrogens with one attached hydrogen (secondary N) is 2. The molecule has 3 aliphatic rings. The first-order valence-corrected chi connectivity index (χ1v) is 11.4. The van der Waals surface area contributed by atoms with Crippen LogP contribution < -0.4 is 15.5 Å². The molecule has 0 aromatic heterocycles. The molecule has 1 atom stereocenters. The lowest BCUT2D eigenvalue weighted by molar-refractivity contribution is -0.136. The maximum absolute atomic E-state index is 13.2. The van der Waals surface area contributed by atoms with Gasteiger partial charge in [-0.05, 0) is 62.2 Å². The average Bonchev–Trinajstić information content (AvgIpc) is 3.08. The molecule has 5 rings (SSSR count). The van der Waals surface area contributed by atoms with E-state index in [9.17, 15) is 19.2 Å². The van der Waals surface area contributed by atoms with Gasteiger partial charge in [0.25, 0.3) is 11.8 Å². The van der Waals surface area contributed by atoms with Crippen LogP contribution in [0.3, 0.4) is 0 Å². The number of imide groups is 2. The molecule has 8 nitrogen and oxygen atoms in total. The van der Waals surface area contributed by atoms with Crippen LogP contribution in [0.2, 0.25) is 0 Å². The first-order chi connectivity index (χ1) is 16.0. The third-order valence-corrected chi connectivity index (χ3v) is 6.69. The number of hydrogen-bond donors (Lipinski definition) is 2. The number of hydrogen-bond acceptors (Lipinski definition) is 6. The Hall–Kier alpha value is -3.52. The van der Waals surface area contributed by atoms with E-state index in [2.05, 4.69) is 27.7 Å². The number of para-hydroxylation sites is 1. The second kappa shape index (κ2) is 8.78. The molecule has 2 N–H and O–H groups in total. The zero-order valence-electron chi connectivity index (χ0n) is 18.3. The summed E-state index contributed by atoms with van der Waals surface area (Å²) in [5.74, 6) is -1.93. The molecule has 2 aromatic rings. The molecule has 0 aliphatic carbocycles. The Bertz CT molecular complexity index is 1110. The highest BCUT2D eigenvalue weighted by molar-refractivity contribution is 6.23. The molecule has 0 bridgehead atoms. The number of amides is 4. The molecule has 170 valence electrons. The maximum atomic E-state index is 13.2. The number of anilines is 1. The molecular formula is C25H26N4O4. The molecule has 2 aromatic carbocycles. The summed E-state index contributed by atoms with van der Waals surface area (Å²) in [4.78, 5) is 53.3. The van der Waals surface area contributed by atoms with Crippen molar-refractivity contribution in [1.82, 2.24) is 15.5 Å². The monoisotopic (exact) mass is 446 g/mol. The third-order valence-electron chi connectivity index (χ3n) is 6.69. The first kappa shape index (κ1) is 21.3. The van der Waals surface area contributed by atoms with Crippen molar-refractivity contribution >= 4 is 29.3 Å². The highest BCUT2D eigenvalue weighted by Gasteiger charge is 2.44. The fourth-order valence-electron chi connectivity index (χ4n) is 4.98. The number of carbonyl (C=O) groups is 4. The normalized spacial score (nSPS) is 21.2. The molecule has 3 heterocycles. The Kier molecular flexibility index (Phi) is 5.68. The largest absolute Gasteiger partial charge is 0.364 e.